The molecule has 5 nitrogen and oxygen atoms in total. The van der Waals surface area contributed by atoms with Crippen molar-refractivity contribution >= 4 is 39.7 Å². The molecule has 0 bridgehead atoms. The summed E-state index contributed by atoms with van der Waals surface area (Å²) in [6.07, 6.45) is 1.82. The Morgan fingerprint density at radius 3 is 2.32 bits per heavy atom. The topological polar surface area (TPSA) is 59.9 Å². The van der Waals surface area contributed by atoms with Crippen molar-refractivity contribution in [2.75, 3.05) is 7.11 Å². The van der Waals surface area contributed by atoms with Gasteiger partial charge in [0.05, 0.1) is 24.2 Å². The summed E-state index contributed by atoms with van der Waals surface area (Å²) in [5.41, 5.74) is 6.56. The Balaban J connectivity index is 1.60. The number of hydrogen-bond donors (Lipinski definition) is 1. The third-order valence-corrected chi connectivity index (χ3v) is 5.98. The third kappa shape index (κ3) is 7.34. The number of halogens is 2. The van der Waals surface area contributed by atoms with Gasteiger partial charge in [-0.25, -0.2) is 5.43 Å². The highest BCUT2D eigenvalue weighted by Gasteiger charge is 2.14. The first kappa shape index (κ1) is 25.8. The molecular weight excluding hydrogens is 516 g/mol. The van der Waals surface area contributed by atoms with Gasteiger partial charge in [0.15, 0.2) is 11.5 Å². The van der Waals surface area contributed by atoms with Crippen LogP contribution in [-0.2, 0) is 23.2 Å². The van der Waals surface area contributed by atoms with E-state index in [-0.39, 0.29) is 17.7 Å². The Kier molecular flexibility index (Phi) is 8.75. The summed E-state index contributed by atoms with van der Waals surface area (Å²) in [5.74, 6) is 0.945. The molecule has 0 radical (unpaired) electrons. The normalized spacial score (nSPS) is 11.5. The van der Waals surface area contributed by atoms with Crippen molar-refractivity contribution in [2.24, 2.45) is 5.10 Å². The number of rotatable bonds is 8. The van der Waals surface area contributed by atoms with E-state index >= 15 is 0 Å². The SMILES string of the molecule is COc1cc(C=NNC(=O)Cc2ccc(C(C)(C)C)cc2)cc(Br)c1OCc1ccc(Cl)cc1. The first-order valence-corrected chi connectivity index (χ1v) is 12.0. The van der Waals surface area contributed by atoms with Crippen molar-refractivity contribution in [2.45, 2.75) is 39.2 Å². The van der Waals surface area contributed by atoms with Gasteiger partial charge in [0.1, 0.15) is 6.61 Å². The number of carbonyl (C=O) groups excluding carboxylic acids is 1. The average Bonchev–Trinajstić information content (AvgIpc) is 2.79. The van der Waals surface area contributed by atoms with E-state index in [1.165, 1.54) is 5.56 Å². The summed E-state index contributed by atoms with van der Waals surface area (Å²) in [5, 5.41) is 4.77. The van der Waals surface area contributed by atoms with Crippen molar-refractivity contribution in [3.8, 4) is 11.5 Å². The predicted molar refractivity (Wildman–Crippen MR) is 141 cm³/mol. The van der Waals surface area contributed by atoms with Crippen LogP contribution in [0.2, 0.25) is 5.02 Å². The quantitative estimate of drug-likeness (QED) is 0.255. The van der Waals surface area contributed by atoms with Crippen LogP contribution in [0.1, 0.15) is 43.0 Å². The van der Waals surface area contributed by atoms with Crippen LogP contribution in [0.3, 0.4) is 0 Å². The lowest BCUT2D eigenvalue weighted by Crippen LogP contribution is -2.20. The highest BCUT2D eigenvalue weighted by molar-refractivity contribution is 9.10. The van der Waals surface area contributed by atoms with E-state index in [1.807, 2.05) is 42.5 Å². The second kappa shape index (κ2) is 11.5. The summed E-state index contributed by atoms with van der Waals surface area (Å²) in [6.45, 7) is 6.85. The minimum absolute atomic E-state index is 0.0802. The van der Waals surface area contributed by atoms with Crippen molar-refractivity contribution < 1.29 is 14.3 Å². The Labute approximate surface area is 214 Å². The Hall–Kier alpha value is -2.83. The van der Waals surface area contributed by atoms with E-state index in [1.54, 1.807) is 19.4 Å². The lowest BCUT2D eigenvalue weighted by molar-refractivity contribution is -0.120. The molecule has 0 saturated heterocycles. The summed E-state index contributed by atoms with van der Waals surface area (Å²) in [7, 11) is 1.57. The van der Waals surface area contributed by atoms with E-state index in [4.69, 9.17) is 21.1 Å². The van der Waals surface area contributed by atoms with Gasteiger partial charge in [0, 0.05) is 5.02 Å². The van der Waals surface area contributed by atoms with Crippen molar-refractivity contribution in [1.29, 1.82) is 0 Å². The number of ether oxygens (including phenoxy) is 2. The number of hydrazone groups is 1. The number of nitrogens with zero attached hydrogens (tertiary/aromatic N) is 1. The molecule has 1 N–H and O–H groups in total. The van der Waals surface area contributed by atoms with Crippen LogP contribution in [0.5, 0.6) is 11.5 Å². The van der Waals surface area contributed by atoms with Crippen molar-refractivity contribution in [3.63, 3.8) is 0 Å². The standard InChI is InChI=1S/C27H28BrClN2O3/c1-27(2,3)21-9-5-18(6-10-21)15-25(32)31-30-16-20-13-23(28)26(24(14-20)33-4)34-17-19-7-11-22(29)12-8-19/h5-14,16H,15,17H2,1-4H3,(H,31,32). The first-order chi connectivity index (χ1) is 16.2. The minimum Gasteiger partial charge on any atom is -0.493 e. The van der Waals surface area contributed by atoms with Gasteiger partial charge in [-0.05, 0) is 67.9 Å². The molecule has 34 heavy (non-hydrogen) atoms. The zero-order valence-electron chi connectivity index (χ0n) is 19.7. The summed E-state index contributed by atoms with van der Waals surface area (Å²) < 4.78 is 12.2. The van der Waals surface area contributed by atoms with Gasteiger partial charge in [0.25, 0.3) is 0 Å². The number of nitrogens with one attached hydrogen (secondary N) is 1. The number of hydrogen-bond acceptors (Lipinski definition) is 4. The van der Waals surface area contributed by atoms with Gasteiger partial charge < -0.3 is 9.47 Å². The summed E-state index contributed by atoms with van der Waals surface area (Å²) in [6, 6.07) is 19.2. The molecule has 0 aromatic heterocycles. The fraction of sp³-hybridized carbons (Fsp3) is 0.259. The summed E-state index contributed by atoms with van der Waals surface area (Å²) >= 11 is 9.47. The molecular formula is C27H28BrClN2O3. The minimum atomic E-state index is -0.186. The molecule has 0 aliphatic heterocycles. The van der Waals surface area contributed by atoms with Crippen LogP contribution >= 0.6 is 27.5 Å². The lowest BCUT2D eigenvalue weighted by Gasteiger charge is -2.19. The maximum Gasteiger partial charge on any atom is 0.244 e. The molecule has 3 rings (SSSR count). The van der Waals surface area contributed by atoms with Gasteiger partial charge in [-0.2, -0.15) is 5.10 Å². The molecule has 0 aliphatic carbocycles. The van der Waals surface area contributed by atoms with Gasteiger partial charge in [0.2, 0.25) is 5.91 Å². The van der Waals surface area contributed by atoms with Gasteiger partial charge in [-0.15, -0.1) is 0 Å². The van der Waals surface area contributed by atoms with E-state index in [0.717, 1.165) is 16.7 Å². The predicted octanol–water partition coefficient (Wildman–Crippen LogP) is 6.68. The van der Waals surface area contributed by atoms with Crippen LogP contribution < -0.4 is 14.9 Å². The maximum atomic E-state index is 12.3. The molecule has 0 aliphatic rings. The van der Waals surface area contributed by atoms with E-state index in [2.05, 4.69) is 59.4 Å². The molecule has 7 heteroatoms. The van der Waals surface area contributed by atoms with Crippen LogP contribution in [0, 0.1) is 0 Å². The second-order valence-corrected chi connectivity index (χ2v) is 10.2. The van der Waals surface area contributed by atoms with Crippen molar-refractivity contribution in [3.05, 3.63) is 92.4 Å². The maximum absolute atomic E-state index is 12.3. The first-order valence-electron chi connectivity index (χ1n) is 10.8. The van der Waals surface area contributed by atoms with Crippen LogP contribution in [-0.4, -0.2) is 19.2 Å². The lowest BCUT2D eigenvalue weighted by atomic mass is 9.86. The van der Waals surface area contributed by atoms with Gasteiger partial charge >= 0.3 is 0 Å². The molecule has 178 valence electrons. The molecule has 0 fully saturated rings. The molecule has 1 amide bonds. The molecule has 0 heterocycles. The van der Waals surface area contributed by atoms with E-state index in [0.29, 0.717) is 27.6 Å². The molecule has 0 atom stereocenters. The Morgan fingerprint density at radius 1 is 1.06 bits per heavy atom. The molecule has 0 saturated carbocycles. The highest BCUT2D eigenvalue weighted by Crippen LogP contribution is 2.37. The molecule has 3 aromatic rings. The fourth-order valence-corrected chi connectivity index (χ4v) is 3.92. The van der Waals surface area contributed by atoms with E-state index in [9.17, 15) is 4.79 Å². The average molecular weight is 544 g/mol. The molecule has 0 spiro atoms. The smallest absolute Gasteiger partial charge is 0.244 e. The highest BCUT2D eigenvalue weighted by atomic mass is 79.9. The number of carbonyl (C=O) groups is 1. The second-order valence-electron chi connectivity index (χ2n) is 8.87. The Bertz CT molecular complexity index is 1150. The van der Waals surface area contributed by atoms with E-state index < -0.39 is 0 Å². The zero-order chi connectivity index (χ0) is 24.7. The zero-order valence-corrected chi connectivity index (χ0v) is 22.0. The molecule has 0 unspecified atom stereocenters. The number of methoxy groups -OCH3 is 1. The van der Waals surface area contributed by atoms with Gasteiger partial charge in [-0.1, -0.05) is 68.8 Å². The molecule has 3 aromatic carbocycles. The number of benzene rings is 3. The Morgan fingerprint density at radius 2 is 1.71 bits per heavy atom. The number of amides is 1. The van der Waals surface area contributed by atoms with Crippen LogP contribution in [0.4, 0.5) is 0 Å². The van der Waals surface area contributed by atoms with Gasteiger partial charge in [-0.3, -0.25) is 4.79 Å². The van der Waals surface area contributed by atoms with Crippen LogP contribution in [0.25, 0.3) is 0 Å². The largest absolute Gasteiger partial charge is 0.493 e. The van der Waals surface area contributed by atoms with Crippen molar-refractivity contribution in [1.82, 2.24) is 5.43 Å². The fourth-order valence-electron chi connectivity index (χ4n) is 3.22. The summed E-state index contributed by atoms with van der Waals surface area (Å²) in [4.78, 5) is 12.3. The monoisotopic (exact) mass is 542 g/mol. The van der Waals surface area contributed by atoms with Crippen LogP contribution in [0.15, 0.2) is 70.2 Å². The third-order valence-electron chi connectivity index (χ3n) is 5.14.